The average Bonchev–Trinajstić information content (AvgIpc) is 3.28. The van der Waals surface area contributed by atoms with Crippen molar-refractivity contribution in [3.8, 4) is 16.9 Å². The van der Waals surface area contributed by atoms with Crippen LogP contribution in [0.15, 0.2) is 84.5 Å². The maximum Gasteiger partial charge on any atom is 0.240 e. The monoisotopic (exact) mass is 392 g/mol. The molecule has 0 saturated carbocycles. The fourth-order valence-corrected chi connectivity index (χ4v) is 3.68. The van der Waals surface area contributed by atoms with Crippen LogP contribution in [-0.2, 0) is 16.6 Å². The molecule has 4 rings (SSSR count). The third-order valence-electron chi connectivity index (χ3n) is 4.07. The van der Waals surface area contributed by atoms with Gasteiger partial charge in [0.05, 0.1) is 28.5 Å². The van der Waals surface area contributed by atoms with E-state index in [1.54, 1.807) is 78.1 Å². The van der Waals surface area contributed by atoms with E-state index >= 15 is 0 Å². The Morgan fingerprint density at radius 3 is 2.36 bits per heavy atom. The number of nitrogens with zero attached hydrogens (tertiary/aromatic N) is 5. The minimum absolute atomic E-state index is 0.0226. The van der Waals surface area contributed by atoms with Gasteiger partial charge >= 0.3 is 0 Å². The minimum atomic E-state index is -3.70. The molecule has 0 aliphatic carbocycles. The lowest BCUT2D eigenvalue weighted by Crippen LogP contribution is -2.24. The van der Waals surface area contributed by atoms with E-state index in [2.05, 4.69) is 24.8 Å². The maximum atomic E-state index is 12.7. The molecular formula is C19H16N6O2S. The number of hydrogen-bond acceptors (Lipinski definition) is 6. The molecule has 1 N–H and O–H groups in total. The smallest absolute Gasteiger partial charge is 0.240 e. The van der Waals surface area contributed by atoms with Gasteiger partial charge in [0.25, 0.3) is 0 Å². The van der Waals surface area contributed by atoms with Gasteiger partial charge < -0.3 is 0 Å². The molecule has 8 nitrogen and oxygen atoms in total. The third kappa shape index (κ3) is 3.80. The van der Waals surface area contributed by atoms with Crippen molar-refractivity contribution in [2.24, 2.45) is 0 Å². The Labute approximate surface area is 162 Å². The number of pyridine rings is 1. The Morgan fingerprint density at radius 1 is 0.893 bits per heavy atom. The zero-order valence-electron chi connectivity index (χ0n) is 14.7. The van der Waals surface area contributed by atoms with Crippen molar-refractivity contribution in [2.75, 3.05) is 0 Å². The van der Waals surface area contributed by atoms with Crippen molar-refractivity contribution < 1.29 is 8.42 Å². The normalized spacial score (nSPS) is 11.4. The van der Waals surface area contributed by atoms with Crippen molar-refractivity contribution in [1.29, 1.82) is 0 Å². The standard InChI is InChI=1S/C19H16N6O2S/c26-28(27,17-4-2-16(3-5-17)25-13-1-8-23-25)24-14-18-19(22-12-11-21-18)15-6-9-20-10-7-15/h1-13,24H,14H2. The molecule has 28 heavy (non-hydrogen) atoms. The number of aromatic nitrogens is 5. The third-order valence-corrected chi connectivity index (χ3v) is 5.49. The van der Waals surface area contributed by atoms with Crippen molar-refractivity contribution in [2.45, 2.75) is 11.4 Å². The summed E-state index contributed by atoms with van der Waals surface area (Å²) >= 11 is 0. The lowest BCUT2D eigenvalue weighted by atomic mass is 10.1. The average molecular weight is 392 g/mol. The molecule has 0 bridgehead atoms. The molecule has 3 heterocycles. The predicted molar refractivity (Wildman–Crippen MR) is 103 cm³/mol. The molecule has 0 aliphatic rings. The first-order chi connectivity index (χ1) is 13.6. The highest BCUT2D eigenvalue weighted by Gasteiger charge is 2.16. The van der Waals surface area contributed by atoms with Crippen LogP contribution in [0.5, 0.6) is 0 Å². The lowest BCUT2D eigenvalue weighted by molar-refractivity contribution is 0.580. The number of nitrogens with one attached hydrogen (secondary N) is 1. The van der Waals surface area contributed by atoms with Crippen LogP contribution in [0.4, 0.5) is 0 Å². The highest BCUT2D eigenvalue weighted by atomic mass is 32.2. The Kier molecular flexibility index (Phi) is 4.92. The predicted octanol–water partition coefficient (Wildman–Crippen LogP) is 2.20. The summed E-state index contributed by atoms with van der Waals surface area (Å²) in [6.07, 6.45) is 9.86. The van der Waals surface area contributed by atoms with Crippen LogP contribution in [0.25, 0.3) is 16.9 Å². The van der Waals surface area contributed by atoms with Crippen LogP contribution in [0, 0.1) is 0 Å². The van der Waals surface area contributed by atoms with Crippen molar-refractivity contribution in [3.05, 3.63) is 85.3 Å². The molecule has 4 aromatic rings. The van der Waals surface area contributed by atoms with Crippen LogP contribution in [0.3, 0.4) is 0 Å². The molecule has 0 unspecified atom stereocenters. The highest BCUT2D eigenvalue weighted by Crippen LogP contribution is 2.19. The van der Waals surface area contributed by atoms with E-state index in [1.807, 2.05) is 0 Å². The summed E-state index contributed by atoms with van der Waals surface area (Å²) in [5, 5.41) is 4.12. The molecule has 0 saturated heterocycles. The van der Waals surface area contributed by atoms with Crippen molar-refractivity contribution in [3.63, 3.8) is 0 Å². The van der Waals surface area contributed by atoms with Crippen LogP contribution in [0.1, 0.15) is 5.69 Å². The molecule has 0 aliphatic heterocycles. The van der Waals surface area contributed by atoms with E-state index in [0.717, 1.165) is 11.3 Å². The summed E-state index contributed by atoms with van der Waals surface area (Å²) in [5.74, 6) is 0. The summed E-state index contributed by atoms with van der Waals surface area (Å²) < 4.78 is 29.6. The Morgan fingerprint density at radius 2 is 1.64 bits per heavy atom. The first-order valence-corrected chi connectivity index (χ1v) is 9.92. The molecule has 3 aromatic heterocycles. The summed E-state index contributed by atoms with van der Waals surface area (Å²) in [6.45, 7) is 0.0226. The van der Waals surface area contributed by atoms with Gasteiger partial charge in [0, 0.05) is 42.7 Å². The van der Waals surface area contributed by atoms with Crippen LogP contribution in [-0.4, -0.2) is 33.2 Å². The number of sulfonamides is 1. The molecular weight excluding hydrogens is 376 g/mol. The van der Waals surface area contributed by atoms with Gasteiger partial charge in [-0.05, 0) is 42.5 Å². The SMILES string of the molecule is O=S(=O)(NCc1nccnc1-c1ccncc1)c1ccc(-n2cccn2)cc1. The summed E-state index contributed by atoms with van der Waals surface area (Å²) in [5.41, 5.74) is 2.74. The fraction of sp³-hybridized carbons (Fsp3) is 0.0526. The number of benzene rings is 1. The van der Waals surface area contributed by atoms with E-state index in [0.29, 0.717) is 11.4 Å². The second-order valence-electron chi connectivity index (χ2n) is 5.86. The maximum absolute atomic E-state index is 12.7. The van der Waals surface area contributed by atoms with E-state index in [4.69, 9.17) is 0 Å². The zero-order chi connectivity index (χ0) is 19.4. The van der Waals surface area contributed by atoms with E-state index in [1.165, 1.54) is 6.20 Å². The second-order valence-corrected chi connectivity index (χ2v) is 7.62. The van der Waals surface area contributed by atoms with Crippen LogP contribution >= 0.6 is 0 Å². The molecule has 1 aromatic carbocycles. The Bertz CT molecular complexity index is 1160. The number of rotatable bonds is 6. The van der Waals surface area contributed by atoms with Gasteiger partial charge in [-0.1, -0.05) is 0 Å². The second kappa shape index (κ2) is 7.67. The van der Waals surface area contributed by atoms with E-state index < -0.39 is 10.0 Å². The van der Waals surface area contributed by atoms with Gasteiger partial charge in [-0.2, -0.15) is 5.10 Å². The van der Waals surface area contributed by atoms with E-state index in [-0.39, 0.29) is 11.4 Å². The Hall–Kier alpha value is -3.43. The molecule has 9 heteroatoms. The quantitative estimate of drug-likeness (QED) is 0.540. The van der Waals surface area contributed by atoms with E-state index in [9.17, 15) is 8.42 Å². The lowest BCUT2D eigenvalue weighted by Gasteiger charge is -2.10. The first-order valence-electron chi connectivity index (χ1n) is 8.43. The molecule has 0 fully saturated rings. The van der Waals surface area contributed by atoms with Gasteiger partial charge in [0.15, 0.2) is 0 Å². The van der Waals surface area contributed by atoms with Gasteiger partial charge in [-0.15, -0.1) is 0 Å². The largest absolute Gasteiger partial charge is 0.265 e. The molecule has 0 radical (unpaired) electrons. The number of hydrogen-bond donors (Lipinski definition) is 1. The summed E-state index contributed by atoms with van der Waals surface area (Å²) in [6, 6.07) is 11.9. The highest BCUT2D eigenvalue weighted by molar-refractivity contribution is 7.89. The fourth-order valence-electron chi connectivity index (χ4n) is 2.69. The van der Waals surface area contributed by atoms with Crippen LogP contribution in [0.2, 0.25) is 0 Å². The van der Waals surface area contributed by atoms with Crippen molar-refractivity contribution >= 4 is 10.0 Å². The molecule has 0 amide bonds. The van der Waals surface area contributed by atoms with Gasteiger partial charge in [-0.25, -0.2) is 17.8 Å². The Balaban J connectivity index is 1.54. The summed E-state index contributed by atoms with van der Waals surface area (Å²) in [7, 11) is -3.70. The molecule has 0 spiro atoms. The van der Waals surface area contributed by atoms with Gasteiger partial charge in [0.1, 0.15) is 0 Å². The first kappa shape index (κ1) is 18.0. The zero-order valence-corrected chi connectivity index (χ0v) is 15.5. The topological polar surface area (TPSA) is 103 Å². The minimum Gasteiger partial charge on any atom is -0.265 e. The van der Waals surface area contributed by atoms with Crippen LogP contribution < -0.4 is 4.72 Å². The molecule has 0 atom stereocenters. The molecule has 140 valence electrons. The van der Waals surface area contributed by atoms with Gasteiger partial charge in [-0.3, -0.25) is 15.0 Å². The summed E-state index contributed by atoms with van der Waals surface area (Å²) in [4.78, 5) is 12.8. The van der Waals surface area contributed by atoms with Gasteiger partial charge in [0.2, 0.25) is 10.0 Å². The van der Waals surface area contributed by atoms with Crippen molar-refractivity contribution in [1.82, 2.24) is 29.5 Å².